The molecule has 5 nitrogen and oxygen atoms in total. The molecule has 0 N–H and O–H groups in total. The molecule has 2 fully saturated rings. The summed E-state index contributed by atoms with van der Waals surface area (Å²) in [6.45, 7) is 6.38. The first-order chi connectivity index (χ1) is 12.7. The Morgan fingerprint density at radius 2 is 1.96 bits per heavy atom. The van der Waals surface area contributed by atoms with Gasteiger partial charge in [-0.15, -0.1) is 0 Å². The number of ether oxygens (including phenoxy) is 1. The Morgan fingerprint density at radius 3 is 2.59 bits per heavy atom. The van der Waals surface area contributed by atoms with Crippen LogP contribution in [0.5, 0.6) is 0 Å². The molecule has 27 heavy (non-hydrogen) atoms. The van der Waals surface area contributed by atoms with E-state index in [1.165, 1.54) is 12.1 Å². The number of benzene rings is 1. The predicted molar refractivity (Wildman–Crippen MR) is 101 cm³/mol. The van der Waals surface area contributed by atoms with Gasteiger partial charge in [0.1, 0.15) is 17.5 Å². The van der Waals surface area contributed by atoms with Crippen molar-refractivity contribution in [3.63, 3.8) is 0 Å². The fourth-order valence-corrected chi connectivity index (χ4v) is 3.52. The lowest BCUT2D eigenvalue weighted by molar-refractivity contribution is -0.139. The van der Waals surface area contributed by atoms with Gasteiger partial charge < -0.3 is 9.64 Å². The molecule has 1 heterocycles. The van der Waals surface area contributed by atoms with Crippen LogP contribution in [-0.2, 0) is 16.1 Å². The first-order valence-corrected chi connectivity index (χ1v) is 9.79. The van der Waals surface area contributed by atoms with Crippen LogP contribution < -0.4 is 0 Å². The molecule has 0 aromatic heterocycles. The molecule has 1 aliphatic heterocycles. The largest absolute Gasteiger partial charge is 0.444 e. The summed E-state index contributed by atoms with van der Waals surface area (Å²) in [5.41, 5.74) is 0.176. The maximum Gasteiger partial charge on any atom is 0.410 e. The van der Waals surface area contributed by atoms with Crippen molar-refractivity contribution in [1.82, 2.24) is 9.80 Å². The zero-order chi connectivity index (χ0) is 19.6. The minimum absolute atomic E-state index is 0.0488. The van der Waals surface area contributed by atoms with Crippen molar-refractivity contribution in [2.24, 2.45) is 0 Å². The predicted octanol–water partition coefficient (Wildman–Crippen LogP) is 4.11. The standard InChI is InChI=1S/C21H29FN2O3/c1-21(2,3)27-20(26)23-12-5-4-9-18(23)19(25)24(17-10-11-17)14-15-7-6-8-16(22)13-15/h6-8,13,17-18H,4-5,9-12,14H2,1-3H3/t18-/m1/s1. The highest BCUT2D eigenvalue weighted by atomic mass is 19.1. The first-order valence-electron chi connectivity index (χ1n) is 9.79. The molecule has 1 saturated heterocycles. The number of piperidine rings is 1. The summed E-state index contributed by atoms with van der Waals surface area (Å²) in [6.07, 6.45) is 3.91. The Bertz CT molecular complexity index is 697. The van der Waals surface area contributed by atoms with Crippen molar-refractivity contribution < 1.29 is 18.7 Å². The number of amides is 2. The van der Waals surface area contributed by atoms with Crippen LogP contribution >= 0.6 is 0 Å². The van der Waals surface area contributed by atoms with Gasteiger partial charge in [0.15, 0.2) is 0 Å². The van der Waals surface area contributed by atoms with E-state index in [1.54, 1.807) is 11.0 Å². The zero-order valence-electron chi connectivity index (χ0n) is 16.4. The number of carbonyl (C=O) groups excluding carboxylic acids is 2. The number of likely N-dealkylation sites (tertiary alicyclic amines) is 1. The van der Waals surface area contributed by atoms with Gasteiger partial charge in [0.2, 0.25) is 5.91 Å². The Hall–Kier alpha value is -2.11. The van der Waals surface area contributed by atoms with Crippen LogP contribution in [0.25, 0.3) is 0 Å². The minimum Gasteiger partial charge on any atom is -0.444 e. The van der Waals surface area contributed by atoms with Gasteiger partial charge in [-0.2, -0.15) is 0 Å². The maximum atomic E-state index is 13.5. The molecule has 0 spiro atoms. The van der Waals surface area contributed by atoms with Gasteiger partial charge in [-0.3, -0.25) is 9.69 Å². The number of hydrogen-bond acceptors (Lipinski definition) is 3. The Kier molecular flexibility index (Phi) is 5.72. The molecule has 0 unspecified atom stereocenters. The lowest BCUT2D eigenvalue weighted by atomic mass is 10.0. The summed E-state index contributed by atoms with van der Waals surface area (Å²) in [5.74, 6) is -0.351. The van der Waals surface area contributed by atoms with Gasteiger partial charge in [-0.05, 0) is 70.6 Å². The SMILES string of the molecule is CC(C)(C)OC(=O)N1CCCC[C@@H]1C(=O)N(Cc1cccc(F)c1)C1CC1. The third kappa shape index (κ3) is 5.21. The second-order valence-corrected chi connectivity index (χ2v) is 8.51. The second kappa shape index (κ2) is 7.87. The monoisotopic (exact) mass is 376 g/mol. The first kappa shape index (κ1) is 19.6. The number of rotatable bonds is 4. The smallest absolute Gasteiger partial charge is 0.410 e. The summed E-state index contributed by atoms with van der Waals surface area (Å²) in [7, 11) is 0. The van der Waals surface area contributed by atoms with Gasteiger partial charge in [-0.1, -0.05) is 12.1 Å². The van der Waals surface area contributed by atoms with E-state index < -0.39 is 17.7 Å². The normalized spacial score (nSPS) is 20.3. The van der Waals surface area contributed by atoms with E-state index in [0.29, 0.717) is 19.5 Å². The Balaban J connectivity index is 1.76. The molecule has 6 heteroatoms. The van der Waals surface area contributed by atoms with Crippen molar-refractivity contribution >= 4 is 12.0 Å². The number of halogens is 1. The molecule has 148 valence electrons. The van der Waals surface area contributed by atoms with Crippen molar-refractivity contribution in [2.45, 2.75) is 77.1 Å². The van der Waals surface area contributed by atoms with Crippen LogP contribution in [0.2, 0.25) is 0 Å². The van der Waals surface area contributed by atoms with E-state index in [0.717, 1.165) is 31.2 Å². The summed E-state index contributed by atoms with van der Waals surface area (Å²) in [4.78, 5) is 29.4. The summed E-state index contributed by atoms with van der Waals surface area (Å²) < 4.78 is 19.1. The van der Waals surface area contributed by atoms with E-state index in [4.69, 9.17) is 4.74 Å². The molecule has 1 aromatic rings. The summed E-state index contributed by atoms with van der Waals surface area (Å²) in [5, 5.41) is 0. The molecular formula is C21H29FN2O3. The molecule has 1 atom stereocenters. The van der Waals surface area contributed by atoms with E-state index in [1.807, 2.05) is 31.7 Å². The van der Waals surface area contributed by atoms with Gasteiger partial charge in [0.05, 0.1) is 0 Å². The highest BCUT2D eigenvalue weighted by Crippen LogP contribution is 2.31. The number of nitrogens with zero attached hydrogens (tertiary/aromatic N) is 2. The molecule has 1 saturated carbocycles. The lowest BCUT2D eigenvalue weighted by Crippen LogP contribution is -2.54. The molecule has 0 bridgehead atoms. The summed E-state index contributed by atoms with van der Waals surface area (Å²) >= 11 is 0. The summed E-state index contributed by atoms with van der Waals surface area (Å²) in [6, 6.07) is 6.05. The van der Waals surface area contributed by atoms with Crippen LogP contribution in [0.3, 0.4) is 0 Å². The van der Waals surface area contributed by atoms with E-state index in [9.17, 15) is 14.0 Å². The van der Waals surface area contributed by atoms with Crippen LogP contribution in [0.4, 0.5) is 9.18 Å². The molecule has 2 amide bonds. The van der Waals surface area contributed by atoms with Gasteiger partial charge in [0.25, 0.3) is 0 Å². The molecular weight excluding hydrogens is 347 g/mol. The van der Waals surface area contributed by atoms with Crippen molar-refractivity contribution in [3.8, 4) is 0 Å². The zero-order valence-corrected chi connectivity index (χ0v) is 16.4. The van der Waals surface area contributed by atoms with Crippen LogP contribution in [-0.4, -0.2) is 46.0 Å². The van der Waals surface area contributed by atoms with Crippen molar-refractivity contribution in [3.05, 3.63) is 35.6 Å². The molecule has 2 aliphatic rings. The van der Waals surface area contributed by atoms with Gasteiger partial charge in [-0.25, -0.2) is 9.18 Å². The van der Waals surface area contributed by atoms with Crippen molar-refractivity contribution in [1.29, 1.82) is 0 Å². The third-order valence-electron chi connectivity index (χ3n) is 4.93. The molecule has 1 aliphatic carbocycles. The van der Waals surface area contributed by atoms with Crippen LogP contribution in [0.15, 0.2) is 24.3 Å². The van der Waals surface area contributed by atoms with Gasteiger partial charge in [0, 0.05) is 19.1 Å². The van der Waals surface area contributed by atoms with E-state index >= 15 is 0 Å². The highest BCUT2D eigenvalue weighted by Gasteiger charge is 2.41. The molecule has 0 radical (unpaired) electrons. The Labute approximate surface area is 160 Å². The van der Waals surface area contributed by atoms with Crippen LogP contribution in [0.1, 0.15) is 58.4 Å². The third-order valence-corrected chi connectivity index (χ3v) is 4.93. The van der Waals surface area contributed by atoms with E-state index in [-0.39, 0.29) is 17.8 Å². The fraction of sp³-hybridized carbons (Fsp3) is 0.619. The minimum atomic E-state index is -0.597. The number of hydrogen-bond donors (Lipinski definition) is 0. The topological polar surface area (TPSA) is 49.9 Å². The number of carbonyl (C=O) groups is 2. The highest BCUT2D eigenvalue weighted by molar-refractivity contribution is 5.86. The van der Waals surface area contributed by atoms with Gasteiger partial charge >= 0.3 is 6.09 Å². The van der Waals surface area contributed by atoms with Crippen molar-refractivity contribution in [2.75, 3.05) is 6.54 Å². The molecule has 1 aromatic carbocycles. The Morgan fingerprint density at radius 1 is 1.22 bits per heavy atom. The molecule has 3 rings (SSSR count). The fourth-order valence-electron chi connectivity index (χ4n) is 3.52. The quantitative estimate of drug-likeness (QED) is 0.795. The maximum absolute atomic E-state index is 13.5. The second-order valence-electron chi connectivity index (χ2n) is 8.51. The lowest BCUT2D eigenvalue weighted by Gasteiger charge is -2.38. The average Bonchev–Trinajstić information content (AvgIpc) is 3.42. The average molecular weight is 376 g/mol. The van der Waals surface area contributed by atoms with Crippen LogP contribution in [0, 0.1) is 5.82 Å². The van der Waals surface area contributed by atoms with E-state index in [2.05, 4.69) is 0 Å².